The van der Waals surface area contributed by atoms with Gasteiger partial charge in [-0.05, 0) is 26.2 Å². The van der Waals surface area contributed by atoms with Gasteiger partial charge in [0.15, 0.2) is 0 Å². The molecule has 0 radical (unpaired) electrons. The van der Waals surface area contributed by atoms with E-state index < -0.39 is 0 Å². The van der Waals surface area contributed by atoms with E-state index >= 15 is 0 Å². The van der Waals surface area contributed by atoms with Crippen molar-refractivity contribution >= 4 is 10.9 Å². The van der Waals surface area contributed by atoms with Crippen molar-refractivity contribution in [1.29, 1.82) is 0 Å². The van der Waals surface area contributed by atoms with Crippen LogP contribution >= 0.6 is 0 Å². The number of halogens is 1. The van der Waals surface area contributed by atoms with Crippen molar-refractivity contribution in [3.8, 4) is 0 Å². The van der Waals surface area contributed by atoms with Crippen molar-refractivity contribution in [3.63, 3.8) is 0 Å². The molecule has 0 bridgehead atoms. The van der Waals surface area contributed by atoms with E-state index in [0.29, 0.717) is 5.52 Å². The topological polar surface area (TPSA) is 8.17 Å². The molecular weight excluding hydrogens is 191 g/mol. The minimum atomic E-state index is -0.142. The van der Waals surface area contributed by atoms with Crippen molar-refractivity contribution in [1.82, 2.24) is 9.47 Å². The second-order valence-corrected chi connectivity index (χ2v) is 3.99. The van der Waals surface area contributed by atoms with Gasteiger partial charge in [0.05, 0.1) is 5.52 Å². The maximum atomic E-state index is 13.6. The Morgan fingerprint density at radius 1 is 1.27 bits per heavy atom. The number of benzene rings is 1. The highest BCUT2D eigenvalue weighted by atomic mass is 19.1. The number of rotatable bonds is 3. The minimum Gasteiger partial charge on any atom is -0.344 e. The number of hydrogen-bond donors (Lipinski definition) is 0. The summed E-state index contributed by atoms with van der Waals surface area (Å²) >= 11 is 0. The van der Waals surface area contributed by atoms with E-state index in [-0.39, 0.29) is 5.82 Å². The fourth-order valence-corrected chi connectivity index (χ4v) is 1.71. The predicted molar refractivity (Wildman–Crippen MR) is 60.5 cm³/mol. The monoisotopic (exact) mass is 206 g/mol. The van der Waals surface area contributed by atoms with E-state index in [1.165, 1.54) is 6.07 Å². The first kappa shape index (κ1) is 10.2. The van der Waals surface area contributed by atoms with Crippen LogP contribution in [0.1, 0.15) is 0 Å². The molecule has 0 aliphatic rings. The Hall–Kier alpha value is -1.35. The second-order valence-electron chi connectivity index (χ2n) is 3.99. The van der Waals surface area contributed by atoms with Gasteiger partial charge >= 0.3 is 0 Å². The number of likely N-dealkylation sites (N-methyl/N-ethyl adjacent to an activating group) is 1. The zero-order valence-corrected chi connectivity index (χ0v) is 9.07. The molecule has 0 amide bonds. The van der Waals surface area contributed by atoms with Crippen LogP contribution in [-0.4, -0.2) is 30.1 Å². The predicted octanol–water partition coefficient (Wildman–Crippen LogP) is 2.34. The summed E-state index contributed by atoms with van der Waals surface area (Å²) in [5, 5.41) is 0.966. The number of fused-ring (bicyclic) bond motifs is 1. The fraction of sp³-hybridized carbons (Fsp3) is 0.333. The molecule has 0 fully saturated rings. The number of aromatic nitrogens is 1. The Morgan fingerprint density at radius 3 is 2.80 bits per heavy atom. The fourth-order valence-electron chi connectivity index (χ4n) is 1.71. The van der Waals surface area contributed by atoms with Crippen LogP contribution in [0.25, 0.3) is 10.9 Å². The summed E-state index contributed by atoms with van der Waals surface area (Å²) in [6, 6.07) is 7.14. The SMILES string of the molecule is CN(C)CCn1ccc2cccc(F)c21. The lowest BCUT2D eigenvalue weighted by atomic mass is 10.2. The Kier molecular flexibility index (Phi) is 2.73. The minimum absolute atomic E-state index is 0.142. The molecule has 0 spiro atoms. The molecule has 0 saturated carbocycles. The summed E-state index contributed by atoms with van der Waals surface area (Å²) in [5.41, 5.74) is 0.708. The normalized spacial score (nSPS) is 11.5. The van der Waals surface area contributed by atoms with E-state index in [9.17, 15) is 4.39 Å². The van der Waals surface area contributed by atoms with E-state index in [0.717, 1.165) is 18.5 Å². The van der Waals surface area contributed by atoms with Crippen LogP contribution in [0.3, 0.4) is 0 Å². The van der Waals surface area contributed by atoms with E-state index in [4.69, 9.17) is 0 Å². The molecule has 0 atom stereocenters. The molecule has 3 heteroatoms. The van der Waals surface area contributed by atoms with Crippen LogP contribution in [0.5, 0.6) is 0 Å². The van der Waals surface area contributed by atoms with Crippen molar-refractivity contribution in [2.45, 2.75) is 6.54 Å². The molecule has 0 aliphatic heterocycles. The van der Waals surface area contributed by atoms with Gasteiger partial charge in [0.2, 0.25) is 0 Å². The number of nitrogens with zero attached hydrogens (tertiary/aromatic N) is 2. The average Bonchev–Trinajstić information content (AvgIpc) is 2.59. The number of para-hydroxylation sites is 1. The Morgan fingerprint density at radius 2 is 2.07 bits per heavy atom. The molecule has 1 aromatic heterocycles. The molecule has 0 unspecified atom stereocenters. The molecule has 80 valence electrons. The first-order chi connectivity index (χ1) is 7.18. The van der Waals surface area contributed by atoms with E-state index in [1.807, 2.05) is 37.0 Å². The summed E-state index contributed by atoms with van der Waals surface area (Å²) in [4.78, 5) is 2.09. The maximum absolute atomic E-state index is 13.6. The molecule has 2 aromatic rings. The summed E-state index contributed by atoms with van der Waals surface area (Å²) in [6.45, 7) is 1.73. The zero-order chi connectivity index (χ0) is 10.8. The molecule has 2 rings (SSSR count). The van der Waals surface area contributed by atoms with Crippen LogP contribution in [0.2, 0.25) is 0 Å². The third kappa shape index (κ3) is 2.02. The Bertz CT molecular complexity index is 460. The van der Waals surface area contributed by atoms with Gasteiger partial charge in [0.1, 0.15) is 5.82 Å². The van der Waals surface area contributed by atoms with E-state index in [2.05, 4.69) is 4.90 Å². The van der Waals surface area contributed by atoms with Crippen molar-refractivity contribution < 1.29 is 4.39 Å². The lowest BCUT2D eigenvalue weighted by molar-refractivity contribution is 0.386. The molecule has 15 heavy (non-hydrogen) atoms. The van der Waals surface area contributed by atoms with Gasteiger partial charge in [0, 0.05) is 24.7 Å². The summed E-state index contributed by atoms with van der Waals surface area (Å²) < 4.78 is 15.5. The maximum Gasteiger partial charge on any atom is 0.147 e. The molecule has 0 saturated heterocycles. The summed E-state index contributed by atoms with van der Waals surface area (Å²) in [7, 11) is 4.03. The average molecular weight is 206 g/mol. The Balaban J connectivity index is 2.35. The second kappa shape index (κ2) is 4.03. The van der Waals surface area contributed by atoms with Gasteiger partial charge < -0.3 is 9.47 Å². The molecular formula is C12H15FN2. The third-order valence-corrected chi connectivity index (χ3v) is 2.53. The third-order valence-electron chi connectivity index (χ3n) is 2.53. The summed E-state index contributed by atoms with van der Waals surface area (Å²) in [5.74, 6) is -0.142. The smallest absolute Gasteiger partial charge is 0.147 e. The molecule has 0 aliphatic carbocycles. The van der Waals surface area contributed by atoms with Gasteiger partial charge in [-0.1, -0.05) is 12.1 Å². The zero-order valence-electron chi connectivity index (χ0n) is 9.07. The highest BCUT2D eigenvalue weighted by Crippen LogP contribution is 2.18. The lowest BCUT2D eigenvalue weighted by Gasteiger charge is -2.11. The quantitative estimate of drug-likeness (QED) is 0.748. The summed E-state index contributed by atoms with van der Waals surface area (Å²) in [6.07, 6.45) is 1.94. The molecule has 1 heterocycles. The van der Waals surface area contributed by atoms with Crippen LogP contribution < -0.4 is 0 Å². The van der Waals surface area contributed by atoms with Crippen LogP contribution in [0.4, 0.5) is 4.39 Å². The van der Waals surface area contributed by atoms with Crippen LogP contribution in [0.15, 0.2) is 30.5 Å². The van der Waals surface area contributed by atoms with Gasteiger partial charge in [0.25, 0.3) is 0 Å². The molecule has 0 N–H and O–H groups in total. The van der Waals surface area contributed by atoms with Crippen LogP contribution in [0, 0.1) is 5.82 Å². The highest BCUT2D eigenvalue weighted by Gasteiger charge is 2.05. The van der Waals surface area contributed by atoms with Crippen molar-refractivity contribution in [3.05, 3.63) is 36.3 Å². The van der Waals surface area contributed by atoms with Gasteiger partial charge in [-0.15, -0.1) is 0 Å². The van der Waals surface area contributed by atoms with Crippen LogP contribution in [-0.2, 0) is 6.54 Å². The van der Waals surface area contributed by atoms with Gasteiger partial charge in [-0.3, -0.25) is 0 Å². The van der Waals surface area contributed by atoms with Crippen molar-refractivity contribution in [2.75, 3.05) is 20.6 Å². The molecule has 2 nitrogen and oxygen atoms in total. The number of hydrogen-bond acceptors (Lipinski definition) is 1. The first-order valence-corrected chi connectivity index (χ1v) is 5.06. The lowest BCUT2D eigenvalue weighted by Crippen LogP contribution is -2.18. The molecule has 1 aromatic carbocycles. The Labute approximate surface area is 88.9 Å². The largest absolute Gasteiger partial charge is 0.344 e. The van der Waals surface area contributed by atoms with Gasteiger partial charge in [-0.25, -0.2) is 4.39 Å². The van der Waals surface area contributed by atoms with Gasteiger partial charge in [-0.2, -0.15) is 0 Å². The van der Waals surface area contributed by atoms with Crippen molar-refractivity contribution in [2.24, 2.45) is 0 Å². The standard InChI is InChI=1S/C12H15FN2/c1-14(2)8-9-15-7-6-10-4-3-5-11(13)12(10)15/h3-7H,8-9H2,1-2H3. The van der Waals surface area contributed by atoms with E-state index in [1.54, 1.807) is 6.07 Å². The highest BCUT2D eigenvalue weighted by molar-refractivity contribution is 5.80. The first-order valence-electron chi connectivity index (χ1n) is 5.06.